The molecule has 1 aromatic carbocycles. The van der Waals surface area contributed by atoms with E-state index in [1.807, 2.05) is 30.5 Å². The van der Waals surface area contributed by atoms with Crippen molar-refractivity contribution in [2.45, 2.75) is 0 Å². The first-order chi connectivity index (χ1) is 10.4. The topological polar surface area (TPSA) is 39.9 Å². The van der Waals surface area contributed by atoms with Gasteiger partial charge in [-0.1, -0.05) is 43.0 Å². The van der Waals surface area contributed by atoms with Gasteiger partial charge in [0, 0.05) is 24.3 Å². The van der Waals surface area contributed by atoms with E-state index in [0.29, 0.717) is 0 Å². The minimum atomic E-state index is 0.839. The van der Waals surface area contributed by atoms with Gasteiger partial charge in [0.2, 0.25) is 0 Å². The smallest absolute Gasteiger partial charge is 0.111 e. The molecule has 3 heterocycles. The largest absolute Gasteiger partial charge is 0.388 e. The molecule has 1 aromatic heterocycles. The summed E-state index contributed by atoms with van der Waals surface area (Å²) < 4.78 is 0. The molecule has 3 heteroatoms. The Labute approximate surface area is 125 Å². The molecule has 0 fully saturated rings. The quantitative estimate of drug-likeness (QED) is 0.781. The second kappa shape index (κ2) is 6.18. The molecular weight excluding hydrogens is 258 g/mol. The number of rotatable bonds is 2. The highest BCUT2D eigenvalue weighted by atomic mass is 15.0. The SMILES string of the molecule is C1=CNC1.C=CC1=Cc2cc(-c3ccccc3)[nH]c2NC1. The number of benzene rings is 1. The highest BCUT2D eigenvalue weighted by Gasteiger charge is 2.11. The molecule has 2 aliphatic rings. The van der Waals surface area contributed by atoms with E-state index in [0.717, 1.165) is 24.6 Å². The van der Waals surface area contributed by atoms with Crippen LogP contribution in [-0.4, -0.2) is 18.1 Å². The second-order valence-corrected chi connectivity index (χ2v) is 4.97. The van der Waals surface area contributed by atoms with Crippen molar-refractivity contribution in [3.63, 3.8) is 0 Å². The molecule has 0 aliphatic carbocycles. The summed E-state index contributed by atoms with van der Waals surface area (Å²) in [6.45, 7) is 5.71. The number of aromatic nitrogens is 1. The van der Waals surface area contributed by atoms with Gasteiger partial charge in [-0.05, 0) is 35.6 Å². The van der Waals surface area contributed by atoms with Gasteiger partial charge in [0.1, 0.15) is 5.82 Å². The standard InChI is InChI=1S/C15H14N2.C3H5N/c1-2-11-8-13-9-14(17-15(13)16-10-11)12-6-4-3-5-7-12;1-2-4-3-1/h2-9,16-17H,1,10H2;1-2,4H,3H2. The predicted molar refractivity (Wildman–Crippen MR) is 90.0 cm³/mol. The second-order valence-electron chi connectivity index (χ2n) is 4.97. The molecule has 2 aliphatic heterocycles. The van der Waals surface area contributed by atoms with E-state index < -0.39 is 0 Å². The number of anilines is 1. The van der Waals surface area contributed by atoms with Crippen LogP contribution < -0.4 is 10.6 Å². The normalized spacial score (nSPS) is 14.4. The number of hydrogen-bond acceptors (Lipinski definition) is 2. The first-order valence-electron chi connectivity index (χ1n) is 7.10. The minimum absolute atomic E-state index is 0.839. The number of hydrogen-bond donors (Lipinski definition) is 3. The number of nitrogens with one attached hydrogen (secondary N) is 3. The van der Waals surface area contributed by atoms with Crippen LogP contribution in [0.15, 0.2) is 66.9 Å². The Morgan fingerprint density at radius 1 is 1.14 bits per heavy atom. The van der Waals surface area contributed by atoms with E-state index in [9.17, 15) is 0 Å². The maximum atomic E-state index is 3.80. The van der Waals surface area contributed by atoms with Crippen molar-refractivity contribution in [2.75, 3.05) is 18.4 Å². The third-order valence-corrected chi connectivity index (χ3v) is 3.48. The summed E-state index contributed by atoms with van der Waals surface area (Å²) >= 11 is 0. The third-order valence-electron chi connectivity index (χ3n) is 3.48. The lowest BCUT2D eigenvalue weighted by Crippen LogP contribution is -2.12. The number of fused-ring (bicyclic) bond motifs is 1. The summed E-state index contributed by atoms with van der Waals surface area (Å²) in [6, 6.07) is 12.5. The molecule has 0 radical (unpaired) electrons. The van der Waals surface area contributed by atoms with Crippen LogP contribution in [0.1, 0.15) is 5.56 Å². The molecule has 3 N–H and O–H groups in total. The number of aromatic amines is 1. The van der Waals surface area contributed by atoms with Crippen LogP contribution in [0.4, 0.5) is 5.82 Å². The molecule has 2 aromatic rings. The highest BCUT2D eigenvalue weighted by Crippen LogP contribution is 2.29. The minimum Gasteiger partial charge on any atom is -0.388 e. The van der Waals surface area contributed by atoms with E-state index in [1.165, 1.54) is 16.7 Å². The van der Waals surface area contributed by atoms with Crippen molar-refractivity contribution in [3.8, 4) is 11.3 Å². The van der Waals surface area contributed by atoms with Crippen molar-refractivity contribution in [3.05, 3.63) is 72.5 Å². The van der Waals surface area contributed by atoms with Crippen LogP contribution in [0.5, 0.6) is 0 Å². The first kappa shape index (κ1) is 13.3. The Hall–Kier alpha value is -2.68. The zero-order valence-corrected chi connectivity index (χ0v) is 11.9. The Balaban J connectivity index is 0.000000287. The van der Waals surface area contributed by atoms with Crippen LogP contribution in [0.3, 0.4) is 0 Å². The average Bonchev–Trinajstić information content (AvgIpc) is 2.89. The Bertz CT molecular complexity index is 672. The van der Waals surface area contributed by atoms with Gasteiger partial charge >= 0.3 is 0 Å². The lowest BCUT2D eigenvalue weighted by Gasteiger charge is -2.12. The molecule has 106 valence electrons. The van der Waals surface area contributed by atoms with E-state index in [1.54, 1.807) is 0 Å². The van der Waals surface area contributed by atoms with Gasteiger partial charge in [-0.2, -0.15) is 0 Å². The van der Waals surface area contributed by atoms with E-state index in [4.69, 9.17) is 0 Å². The van der Waals surface area contributed by atoms with E-state index in [-0.39, 0.29) is 0 Å². The van der Waals surface area contributed by atoms with Crippen LogP contribution in [0, 0.1) is 0 Å². The van der Waals surface area contributed by atoms with Crippen molar-refractivity contribution < 1.29 is 0 Å². The van der Waals surface area contributed by atoms with Gasteiger partial charge in [-0.3, -0.25) is 0 Å². The highest BCUT2D eigenvalue weighted by molar-refractivity contribution is 5.77. The van der Waals surface area contributed by atoms with Gasteiger partial charge in [0.25, 0.3) is 0 Å². The zero-order valence-electron chi connectivity index (χ0n) is 11.9. The van der Waals surface area contributed by atoms with Crippen LogP contribution in [-0.2, 0) is 0 Å². The third kappa shape index (κ3) is 3.08. The fourth-order valence-electron chi connectivity index (χ4n) is 2.19. The molecule has 3 nitrogen and oxygen atoms in total. The lowest BCUT2D eigenvalue weighted by atomic mass is 10.1. The molecule has 0 unspecified atom stereocenters. The van der Waals surface area contributed by atoms with Crippen molar-refractivity contribution in [2.24, 2.45) is 0 Å². The van der Waals surface area contributed by atoms with Crippen molar-refractivity contribution in [1.82, 2.24) is 10.3 Å². The molecule has 0 amide bonds. The summed E-state index contributed by atoms with van der Waals surface area (Å²) in [5, 5.41) is 6.29. The van der Waals surface area contributed by atoms with Crippen LogP contribution in [0.2, 0.25) is 0 Å². The molecule has 0 saturated heterocycles. The molecule has 0 spiro atoms. The summed E-state index contributed by atoms with van der Waals surface area (Å²) in [5.74, 6) is 1.09. The maximum Gasteiger partial charge on any atom is 0.111 e. The fraction of sp³-hybridized carbons (Fsp3) is 0.111. The van der Waals surface area contributed by atoms with Gasteiger partial charge in [-0.15, -0.1) is 0 Å². The molecule has 0 atom stereocenters. The fourth-order valence-corrected chi connectivity index (χ4v) is 2.19. The van der Waals surface area contributed by atoms with Gasteiger partial charge in [0.05, 0.1) is 0 Å². The summed E-state index contributed by atoms with van der Waals surface area (Å²) in [4.78, 5) is 3.40. The molecule has 0 saturated carbocycles. The van der Waals surface area contributed by atoms with E-state index in [2.05, 4.69) is 52.5 Å². The monoisotopic (exact) mass is 277 g/mol. The predicted octanol–water partition coefficient (Wildman–Crippen LogP) is 3.78. The molecule has 0 bridgehead atoms. The average molecular weight is 277 g/mol. The van der Waals surface area contributed by atoms with Crippen LogP contribution in [0.25, 0.3) is 17.3 Å². The van der Waals surface area contributed by atoms with Crippen LogP contribution >= 0.6 is 0 Å². The molecule has 21 heavy (non-hydrogen) atoms. The van der Waals surface area contributed by atoms with Gasteiger partial charge in [0.15, 0.2) is 0 Å². The zero-order chi connectivity index (χ0) is 14.5. The van der Waals surface area contributed by atoms with Crippen molar-refractivity contribution in [1.29, 1.82) is 0 Å². The van der Waals surface area contributed by atoms with Gasteiger partial charge < -0.3 is 15.6 Å². The maximum absolute atomic E-state index is 3.80. The summed E-state index contributed by atoms with van der Waals surface area (Å²) in [7, 11) is 0. The van der Waals surface area contributed by atoms with Gasteiger partial charge in [-0.25, -0.2) is 0 Å². The Morgan fingerprint density at radius 2 is 1.86 bits per heavy atom. The first-order valence-corrected chi connectivity index (χ1v) is 7.10. The van der Waals surface area contributed by atoms with Crippen molar-refractivity contribution >= 4 is 11.9 Å². The lowest BCUT2D eigenvalue weighted by molar-refractivity contribution is 0.902. The number of H-pyrrole nitrogens is 1. The molecular formula is C18H19N3. The Kier molecular flexibility index (Phi) is 3.92. The Morgan fingerprint density at radius 3 is 2.48 bits per heavy atom. The molecule has 4 rings (SSSR count). The summed E-state index contributed by atoms with van der Waals surface area (Å²) in [5.41, 5.74) is 4.77. The van der Waals surface area contributed by atoms with E-state index >= 15 is 0 Å². The summed E-state index contributed by atoms with van der Waals surface area (Å²) in [6.07, 6.45) is 8.06.